The second-order valence-electron chi connectivity index (χ2n) is 4.65. The Morgan fingerprint density at radius 2 is 2.18 bits per heavy atom. The van der Waals surface area contributed by atoms with Gasteiger partial charge >= 0.3 is 0 Å². The Bertz CT molecular complexity index is 403. The fraction of sp³-hybridized carbons (Fsp3) is 0.500. The largest absolute Gasteiger partial charge is 0.394 e. The Balaban J connectivity index is 2.21. The van der Waals surface area contributed by atoms with Crippen LogP contribution in [0.15, 0.2) is 24.3 Å². The van der Waals surface area contributed by atoms with Crippen LogP contribution >= 0.6 is 0 Å². The Hall–Kier alpha value is -1.35. The van der Waals surface area contributed by atoms with Crippen molar-refractivity contribution in [3.8, 4) is 0 Å². The molecule has 3 heteroatoms. The summed E-state index contributed by atoms with van der Waals surface area (Å²) in [4.78, 5) is 14.2. The molecule has 1 N–H and O–H groups in total. The summed E-state index contributed by atoms with van der Waals surface area (Å²) in [6.07, 6.45) is 3.05. The molecule has 1 aromatic rings. The zero-order valence-corrected chi connectivity index (χ0v) is 10.2. The van der Waals surface area contributed by atoms with E-state index in [9.17, 15) is 9.90 Å². The topological polar surface area (TPSA) is 40.5 Å². The Labute approximate surface area is 102 Å². The SMILES string of the molecule is Cc1ccccc1C(=O)N1CCCC[C@H]1CO. The molecule has 1 amide bonds. The third-order valence-electron chi connectivity index (χ3n) is 3.47. The molecule has 0 unspecified atom stereocenters. The second-order valence-corrected chi connectivity index (χ2v) is 4.65. The molecule has 0 spiro atoms. The summed E-state index contributed by atoms with van der Waals surface area (Å²) in [5, 5.41) is 9.33. The van der Waals surface area contributed by atoms with Crippen LogP contribution in [0, 0.1) is 6.92 Å². The third-order valence-corrected chi connectivity index (χ3v) is 3.47. The standard InChI is InChI=1S/C14H19NO2/c1-11-6-2-3-8-13(11)14(17)15-9-5-4-7-12(15)10-16/h2-3,6,8,12,16H,4-5,7,9-10H2,1H3/t12-/m0/s1. The summed E-state index contributed by atoms with van der Waals surface area (Å²) in [6.45, 7) is 2.78. The van der Waals surface area contributed by atoms with Crippen LogP contribution in [-0.2, 0) is 0 Å². The van der Waals surface area contributed by atoms with Crippen LogP contribution in [0.5, 0.6) is 0 Å². The quantitative estimate of drug-likeness (QED) is 0.848. The molecule has 0 aliphatic carbocycles. The lowest BCUT2D eigenvalue weighted by molar-refractivity contribution is 0.0502. The molecular weight excluding hydrogens is 214 g/mol. The number of hydrogen-bond donors (Lipinski definition) is 1. The van der Waals surface area contributed by atoms with Crippen LogP contribution in [0.4, 0.5) is 0 Å². The van der Waals surface area contributed by atoms with Crippen LogP contribution < -0.4 is 0 Å². The van der Waals surface area contributed by atoms with Gasteiger partial charge in [0, 0.05) is 12.1 Å². The van der Waals surface area contributed by atoms with Crippen LogP contribution in [0.1, 0.15) is 35.2 Å². The fourth-order valence-corrected chi connectivity index (χ4v) is 2.43. The van der Waals surface area contributed by atoms with Crippen molar-refractivity contribution in [1.29, 1.82) is 0 Å². The highest BCUT2D eigenvalue weighted by Crippen LogP contribution is 2.20. The van der Waals surface area contributed by atoms with E-state index in [0.717, 1.165) is 36.9 Å². The zero-order chi connectivity index (χ0) is 12.3. The summed E-state index contributed by atoms with van der Waals surface area (Å²) < 4.78 is 0. The second kappa shape index (κ2) is 5.32. The van der Waals surface area contributed by atoms with Gasteiger partial charge in [0.1, 0.15) is 0 Å². The van der Waals surface area contributed by atoms with Crippen LogP contribution in [0.3, 0.4) is 0 Å². The molecule has 1 atom stereocenters. The van der Waals surface area contributed by atoms with Crippen molar-refractivity contribution < 1.29 is 9.90 Å². The average molecular weight is 233 g/mol. The molecular formula is C14H19NO2. The molecule has 1 aliphatic rings. The Morgan fingerprint density at radius 3 is 2.88 bits per heavy atom. The van der Waals surface area contributed by atoms with Gasteiger partial charge in [-0.3, -0.25) is 4.79 Å². The van der Waals surface area contributed by atoms with Gasteiger partial charge in [0.15, 0.2) is 0 Å². The molecule has 0 radical (unpaired) electrons. The van der Waals surface area contributed by atoms with E-state index in [1.54, 1.807) is 0 Å². The van der Waals surface area contributed by atoms with Crippen LogP contribution in [-0.4, -0.2) is 35.1 Å². The number of carbonyl (C=O) groups excluding carboxylic acids is 1. The fourth-order valence-electron chi connectivity index (χ4n) is 2.43. The first kappa shape index (κ1) is 12.1. The van der Waals surface area contributed by atoms with Gasteiger partial charge in [0.05, 0.1) is 12.6 Å². The van der Waals surface area contributed by atoms with Gasteiger partial charge in [0.25, 0.3) is 5.91 Å². The molecule has 1 heterocycles. The van der Waals surface area contributed by atoms with Crippen molar-refractivity contribution >= 4 is 5.91 Å². The minimum atomic E-state index is -0.00384. The number of carbonyl (C=O) groups is 1. The summed E-state index contributed by atoms with van der Waals surface area (Å²) in [5.74, 6) is 0.0573. The molecule has 92 valence electrons. The maximum atomic E-state index is 12.4. The van der Waals surface area contributed by atoms with Crippen LogP contribution in [0.2, 0.25) is 0 Å². The summed E-state index contributed by atoms with van der Waals surface area (Å²) in [5.41, 5.74) is 1.76. The highest BCUT2D eigenvalue weighted by Gasteiger charge is 2.27. The van der Waals surface area contributed by atoms with E-state index in [1.165, 1.54) is 0 Å². The number of benzene rings is 1. The number of aryl methyl sites for hydroxylation is 1. The molecule has 1 saturated heterocycles. The number of aliphatic hydroxyl groups excluding tert-OH is 1. The van der Waals surface area contributed by atoms with Crippen molar-refractivity contribution in [3.63, 3.8) is 0 Å². The molecule has 2 rings (SSSR count). The number of rotatable bonds is 2. The van der Waals surface area contributed by atoms with E-state index in [1.807, 2.05) is 36.1 Å². The molecule has 0 aromatic heterocycles. The number of piperidine rings is 1. The van der Waals surface area contributed by atoms with Crippen molar-refractivity contribution in [1.82, 2.24) is 4.90 Å². The number of hydrogen-bond acceptors (Lipinski definition) is 2. The summed E-state index contributed by atoms with van der Waals surface area (Å²) in [7, 11) is 0. The van der Waals surface area contributed by atoms with E-state index in [-0.39, 0.29) is 18.6 Å². The van der Waals surface area contributed by atoms with Gasteiger partial charge in [-0.2, -0.15) is 0 Å². The predicted molar refractivity (Wildman–Crippen MR) is 66.9 cm³/mol. The first-order valence-electron chi connectivity index (χ1n) is 6.21. The van der Waals surface area contributed by atoms with E-state index in [0.29, 0.717) is 0 Å². The van der Waals surface area contributed by atoms with Gasteiger partial charge < -0.3 is 10.0 Å². The smallest absolute Gasteiger partial charge is 0.254 e. The van der Waals surface area contributed by atoms with Crippen molar-refractivity contribution in [3.05, 3.63) is 35.4 Å². The molecule has 1 aromatic carbocycles. The van der Waals surface area contributed by atoms with E-state index < -0.39 is 0 Å². The first-order chi connectivity index (χ1) is 8.24. The maximum absolute atomic E-state index is 12.4. The minimum Gasteiger partial charge on any atom is -0.394 e. The highest BCUT2D eigenvalue weighted by atomic mass is 16.3. The zero-order valence-electron chi connectivity index (χ0n) is 10.2. The van der Waals surface area contributed by atoms with Gasteiger partial charge in [-0.25, -0.2) is 0 Å². The lowest BCUT2D eigenvalue weighted by Gasteiger charge is -2.35. The molecule has 1 aliphatic heterocycles. The Kier molecular flexibility index (Phi) is 3.79. The third kappa shape index (κ3) is 2.50. The lowest BCUT2D eigenvalue weighted by Crippen LogP contribution is -2.45. The predicted octanol–water partition coefficient (Wildman–Crippen LogP) is 1.98. The average Bonchev–Trinajstić information content (AvgIpc) is 2.38. The highest BCUT2D eigenvalue weighted by molar-refractivity contribution is 5.95. The van der Waals surface area contributed by atoms with Gasteiger partial charge in [0.2, 0.25) is 0 Å². The Morgan fingerprint density at radius 1 is 1.41 bits per heavy atom. The van der Waals surface area contributed by atoms with Crippen molar-refractivity contribution in [2.24, 2.45) is 0 Å². The first-order valence-corrected chi connectivity index (χ1v) is 6.21. The molecule has 0 bridgehead atoms. The molecule has 3 nitrogen and oxygen atoms in total. The normalized spacial score (nSPS) is 20.4. The molecule has 1 fully saturated rings. The monoisotopic (exact) mass is 233 g/mol. The molecule has 0 saturated carbocycles. The minimum absolute atomic E-state index is 0.00384. The van der Waals surface area contributed by atoms with Crippen molar-refractivity contribution in [2.45, 2.75) is 32.2 Å². The van der Waals surface area contributed by atoms with Crippen LogP contribution in [0.25, 0.3) is 0 Å². The van der Waals surface area contributed by atoms with Gasteiger partial charge in [-0.05, 0) is 37.8 Å². The van der Waals surface area contributed by atoms with Gasteiger partial charge in [-0.1, -0.05) is 18.2 Å². The number of likely N-dealkylation sites (tertiary alicyclic amines) is 1. The van der Waals surface area contributed by atoms with E-state index in [4.69, 9.17) is 0 Å². The maximum Gasteiger partial charge on any atom is 0.254 e. The number of aliphatic hydroxyl groups is 1. The number of amides is 1. The van der Waals surface area contributed by atoms with Gasteiger partial charge in [-0.15, -0.1) is 0 Å². The van der Waals surface area contributed by atoms with E-state index >= 15 is 0 Å². The summed E-state index contributed by atoms with van der Waals surface area (Å²) in [6, 6.07) is 7.63. The summed E-state index contributed by atoms with van der Waals surface area (Å²) >= 11 is 0. The lowest BCUT2D eigenvalue weighted by atomic mass is 10.00. The van der Waals surface area contributed by atoms with Crippen molar-refractivity contribution in [2.75, 3.05) is 13.2 Å². The van der Waals surface area contributed by atoms with E-state index in [2.05, 4.69) is 0 Å². The number of nitrogens with zero attached hydrogens (tertiary/aromatic N) is 1. The molecule has 17 heavy (non-hydrogen) atoms.